The van der Waals surface area contributed by atoms with Gasteiger partial charge in [-0.3, -0.25) is 9.69 Å². The van der Waals surface area contributed by atoms with E-state index in [9.17, 15) is 4.79 Å². The molecule has 1 aliphatic heterocycles. The molecule has 3 nitrogen and oxygen atoms in total. The minimum atomic E-state index is 0.0820. The lowest BCUT2D eigenvalue weighted by Crippen LogP contribution is -2.43. The fraction of sp³-hybridized carbons (Fsp3) is 0.588. The molecule has 1 saturated heterocycles. The molecule has 1 N–H and O–H groups in total. The van der Waals surface area contributed by atoms with Gasteiger partial charge in [-0.2, -0.15) is 0 Å². The summed E-state index contributed by atoms with van der Waals surface area (Å²) in [7, 11) is 0. The van der Waals surface area contributed by atoms with Crippen molar-refractivity contribution in [1.29, 1.82) is 0 Å². The minimum Gasteiger partial charge on any atom is -0.356 e. The molecule has 0 aromatic heterocycles. The molecule has 2 rings (SSSR count). The second kappa shape index (κ2) is 8.19. The van der Waals surface area contributed by atoms with E-state index in [1.807, 2.05) is 12.1 Å². The molecule has 1 aliphatic rings. The molecule has 0 spiro atoms. The summed E-state index contributed by atoms with van der Waals surface area (Å²) in [5.74, 6) is 0.746. The van der Waals surface area contributed by atoms with Crippen LogP contribution in [0.2, 0.25) is 10.0 Å². The molecule has 1 atom stereocenters. The lowest BCUT2D eigenvalue weighted by atomic mass is 9.96. The predicted molar refractivity (Wildman–Crippen MR) is 92.3 cm³/mol. The Morgan fingerprint density at radius 3 is 2.86 bits per heavy atom. The largest absolute Gasteiger partial charge is 0.356 e. The zero-order valence-electron chi connectivity index (χ0n) is 13.2. The van der Waals surface area contributed by atoms with Crippen molar-refractivity contribution in [3.8, 4) is 0 Å². The summed E-state index contributed by atoms with van der Waals surface area (Å²) in [6.45, 7) is 7.53. The van der Waals surface area contributed by atoms with Gasteiger partial charge >= 0.3 is 0 Å². The highest BCUT2D eigenvalue weighted by molar-refractivity contribution is 6.35. The third-order valence-electron chi connectivity index (χ3n) is 3.97. The van der Waals surface area contributed by atoms with E-state index in [1.54, 1.807) is 6.07 Å². The van der Waals surface area contributed by atoms with Crippen molar-refractivity contribution in [3.05, 3.63) is 33.8 Å². The normalized spacial score (nSPS) is 19.4. The van der Waals surface area contributed by atoms with Crippen LogP contribution in [0.25, 0.3) is 0 Å². The molecule has 122 valence electrons. The van der Waals surface area contributed by atoms with Crippen LogP contribution in [0.3, 0.4) is 0 Å². The Balaban J connectivity index is 1.91. The van der Waals surface area contributed by atoms with Gasteiger partial charge in [-0.05, 0) is 43.0 Å². The Morgan fingerprint density at radius 2 is 2.18 bits per heavy atom. The van der Waals surface area contributed by atoms with Gasteiger partial charge in [0.15, 0.2) is 0 Å². The van der Waals surface area contributed by atoms with Crippen LogP contribution in [0, 0.1) is 11.8 Å². The van der Waals surface area contributed by atoms with Crippen LogP contribution in [0.1, 0.15) is 32.3 Å². The summed E-state index contributed by atoms with van der Waals surface area (Å²) >= 11 is 12.2. The summed E-state index contributed by atoms with van der Waals surface area (Å²) in [4.78, 5) is 14.5. The van der Waals surface area contributed by atoms with Crippen LogP contribution in [-0.4, -0.2) is 30.4 Å². The van der Waals surface area contributed by atoms with Crippen LogP contribution in [0.5, 0.6) is 0 Å². The van der Waals surface area contributed by atoms with Crippen LogP contribution >= 0.6 is 23.2 Å². The van der Waals surface area contributed by atoms with E-state index in [4.69, 9.17) is 23.2 Å². The van der Waals surface area contributed by atoms with E-state index >= 15 is 0 Å². The molecule has 0 radical (unpaired) electrons. The first kappa shape index (κ1) is 17.6. The molecule has 0 aliphatic carbocycles. The van der Waals surface area contributed by atoms with Gasteiger partial charge in [0.2, 0.25) is 5.91 Å². The molecule has 1 fully saturated rings. The van der Waals surface area contributed by atoms with Crippen molar-refractivity contribution < 1.29 is 4.79 Å². The Kier molecular flexibility index (Phi) is 6.54. The summed E-state index contributed by atoms with van der Waals surface area (Å²) < 4.78 is 0. The smallest absolute Gasteiger partial charge is 0.224 e. The highest BCUT2D eigenvalue weighted by Crippen LogP contribution is 2.25. The first-order valence-electron chi connectivity index (χ1n) is 7.89. The van der Waals surface area contributed by atoms with Crippen molar-refractivity contribution in [1.82, 2.24) is 10.2 Å². The molecule has 1 aromatic rings. The summed E-state index contributed by atoms with van der Waals surface area (Å²) in [5, 5.41) is 4.39. The van der Waals surface area contributed by atoms with Gasteiger partial charge in [0.1, 0.15) is 0 Å². The molecule has 1 aromatic carbocycles. The van der Waals surface area contributed by atoms with Crippen molar-refractivity contribution in [2.24, 2.45) is 11.8 Å². The van der Waals surface area contributed by atoms with Crippen molar-refractivity contribution in [2.75, 3.05) is 19.6 Å². The van der Waals surface area contributed by atoms with E-state index in [2.05, 4.69) is 24.1 Å². The van der Waals surface area contributed by atoms with E-state index in [-0.39, 0.29) is 11.8 Å². The van der Waals surface area contributed by atoms with E-state index in [1.165, 1.54) is 0 Å². The van der Waals surface area contributed by atoms with Gasteiger partial charge in [0, 0.05) is 29.7 Å². The first-order chi connectivity index (χ1) is 10.5. The topological polar surface area (TPSA) is 32.3 Å². The number of nitrogens with one attached hydrogen (secondary N) is 1. The zero-order valence-corrected chi connectivity index (χ0v) is 14.8. The van der Waals surface area contributed by atoms with Gasteiger partial charge in [-0.1, -0.05) is 43.1 Å². The molecular weight excluding hydrogens is 319 g/mol. The van der Waals surface area contributed by atoms with E-state index in [0.717, 1.165) is 44.6 Å². The van der Waals surface area contributed by atoms with Gasteiger partial charge in [-0.25, -0.2) is 0 Å². The Labute approximate surface area is 143 Å². The Hall–Kier alpha value is -0.770. The second-order valence-corrected chi connectivity index (χ2v) is 7.29. The summed E-state index contributed by atoms with van der Waals surface area (Å²) in [6, 6.07) is 5.60. The van der Waals surface area contributed by atoms with Crippen molar-refractivity contribution in [3.63, 3.8) is 0 Å². The fourth-order valence-corrected chi connectivity index (χ4v) is 3.22. The number of nitrogens with zero attached hydrogens (tertiary/aromatic N) is 1. The third-order valence-corrected chi connectivity index (χ3v) is 4.56. The average Bonchev–Trinajstić information content (AvgIpc) is 2.48. The maximum atomic E-state index is 12.2. The van der Waals surface area contributed by atoms with Crippen LogP contribution < -0.4 is 5.32 Å². The zero-order chi connectivity index (χ0) is 16.1. The highest BCUT2D eigenvalue weighted by atomic mass is 35.5. The highest BCUT2D eigenvalue weighted by Gasteiger charge is 2.26. The second-order valence-electron chi connectivity index (χ2n) is 6.45. The molecule has 1 heterocycles. The molecular formula is C17H24Cl2N2O. The number of carbonyl (C=O) groups excluding carboxylic acids is 1. The van der Waals surface area contributed by atoms with Crippen LogP contribution in [-0.2, 0) is 11.3 Å². The standard InChI is InChI=1S/C17H24Cl2N2O/c1-12(2)9-20-17(22)14-4-3-7-21(11-14)10-13-5-6-15(18)8-16(13)19/h5-6,8,12,14H,3-4,7,9-11H2,1-2H3,(H,20,22). The number of piperidine rings is 1. The van der Waals surface area contributed by atoms with Crippen molar-refractivity contribution >= 4 is 29.1 Å². The van der Waals surface area contributed by atoms with E-state index < -0.39 is 0 Å². The number of amides is 1. The number of carbonyl (C=O) groups is 1. The molecule has 0 saturated carbocycles. The lowest BCUT2D eigenvalue weighted by molar-refractivity contribution is -0.126. The van der Waals surface area contributed by atoms with Gasteiger partial charge < -0.3 is 5.32 Å². The lowest BCUT2D eigenvalue weighted by Gasteiger charge is -2.32. The summed E-state index contributed by atoms with van der Waals surface area (Å²) in [6.07, 6.45) is 2.01. The van der Waals surface area contributed by atoms with Crippen molar-refractivity contribution in [2.45, 2.75) is 33.2 Å². The van der Waals surface area contributed by atoms with Crippen LogP contribution in [0.15, 0.2) is 18.2 Å². The Bertz CT molecular complexity index is 519. The molecule has 1 amide bonds. The molecule has 1 unspecified atom stereocenters. The third kappa shape index (κ3) is 5.15. The Morgan fingerprint density at radius 1 is 1.41 bits per heavy atom. The minimum absolute atomic E-state index is 0.0820. The molecule has 0 bridgehead atoms. The number of likely N-dealkylation sites (tertiary alicyclic amines) is 1. The number of hydrogen-bond acceptors (Lipinski definition) is 2. The number of rotatable bonds is 5. The fourth-order valence-electron chi connectivity index (χ4n) is 2.75. The quantitative estimate of drug-likeness (QED) is 0.877. The number of halogens is 2. The van der Waals surface area contributed by atoms with Gasteiger partial charge in [-0.15, -0.1) is 0 Å². The predicted octanol–water partition coefficient (Wildman–Crippen LogP) is 3.98. The maximum absolute atomic E-state index is 12.2. The average molecular weight is 343 g/mol. The monoisotopic (exact) mass is 342 g/mol. The number of hydrogen-bond donors (Lipinski definition) is 1. The van der Waals surface area contributed by atoms with Gasteiger partial charge in [0.05, 0.1) is 5.92 Å². The van der Waals surface area contributed by atoms with Crippen LogP contribution in [0.4, 0.5) is 0 Å². The van der Waals surface area contributed by atoms with E-state index in [0.29, 0.717) is 16.0 Å². The molecule has 22 heavy (non-hydrogen) atoms. The molecule has 5 heteroatoms. The summed E-state index contributed by atoms with van der Waals surface area (Å²) in [5.41, 5.74) is 1.06. The van der Waals surface area contributed by atoms with Gasteiger partial charge in [0.25, 0.3) is 0 Å². The number of benzene rings is 1. The maximum Gasteiger partial charge on any atom is 0.224 e. The first-order valence-corrected chi connectivity index (χ1v) is 8.65. The SMILES string of the molecule is CC(C)CNC(=O)C1CCCN(Cc2ccc(Cl)cc2Cl)C1.